The molecule has 0 saturated carbocycles. The molecule has 0 radical (unpaired) electrons. The van der Waals surface area contributed by atoms with E-state index in [0.29, 0.717) is 6.54 Å². The van der Waals surface area contributed by atoms with E-state index in [9.17, 15) is 8.42 Å². The van der Waals surface area contributed by atoms with Crippen LogP contribution in [0.2, 0.25) is 0 Å². The first-order chi connectivity index (χ1) is 9.07. The Labute approximate surface area is 118 Å². The SMILES string of the molecule is CCCN(CC)CCNS(=O)(=O)CC1CCCCN1. The van der Waals surface area contributed by atoms with Gasteiger partial charge >= 0.3 is 0 Å². The lowest BCUT2D eigenvalue weighted by atomic mass is 10.1. The third kappa shape index (κ3) is 7.25. The molecule has 0 spiro atoms. The zero-order valence-electron chi connectivity index (χ0n) is 12.3. The van der Waals surface area contributed by atoms with Crippen molar-refractivity contribution < 1.29 is 8.42 Å². The van der Waals surface area contributed by atoms with Gasteiger partial charge in [-0.2, -0.15) is 0 Å². The molecule has 1 atom stereocenters. The van der Waals surface area contributed by atoms with Gasteiger partial charge in [0.15, 0.2) is 0 Å². The molecule has 6 heteroatoms. The highest BCUT2D eigenvalue weighted by molar-refractivity contribution is 7.89. The van der Waals surface area contributed by atoms with Crippen molar-refractivity contribution in [2.24, 2.45) is 0 Å². The fourth-order valence-electron chi connectivity index (χ4n) is 2.49. The van der Waals surface area contributed by atoms with E-state index in [1.165, 1.54) is 0 Å². The van der Waals surface area contributed by atoms with Crippen LogP contribution in [0.5, 0.6) is 0 Å². The van der Waals surface area contributed by atoms with Crippen LogP contribution in [-0.2, 0) is 10.0 Å². The van der Waals surface area contributed by atoms with Gasteiger partial charge in [0.05, 0.1) is 5.75 Å². The minimum Gasteiger partial charge on any atom is -0.313 e. The zero-order chi connectivity index (χ0) is 14.1. The number of likely N-dealkylation sites (N-methyl/N-ethyl adjacent to an activating group) is 1. The topological polar surface area (TPSA) is 61.4 Å². The standard InChI is InChI=1S/C13H29N3O2S/c1-3-10-16(4-2)11-9-15-19(17,18)12-13-7-5-6-8-14-13/h13-15H,3-12H2,1-2H3. The fraction of sp³-hybridized carbons (Fsp3) is 1.00. The van der Waals surface area contributed by atoms with Crippen LogP contribution in [-0.4, -0.2) is 57.8 Å². The second kappa shape index (κ2) is 8.89. The molecule has 1 aliphatic heterocycles. The van der Waals surface area contributed by atoms with Gasteiger partial charge in [-0.1, -0.05) is 20.3 Å². The summed E-state index contributed by atoms with van der Waals surface area (Å²) in [6.45, 7) is 8.50. The first kappa shape index (κ1) is 16.9. The fourth-order valence-corrected chi connectivity index (χ4v) is 3.83. The maximum Gasteiger partial charge on any atom is 0.213 e. The predicted molar refractivity (Wildman–Crippen MR) is 79.8 cm³/mol. The van der Waals surface area contributed by atoms with E-state index < -0.39 is 10.0 Å². The molecule has 114 valence electrons. The minimum absolute atomic E-state index is 0.129. The molecule has 0 amide bonds. The number of sulfonamides is 1. The Morgan fingerprint density at radius 2 is 2.05 bits per heavy atom. The molecule has 1 fully saturated rings. The molecule has 19 heavy (non-hydrogen) atoms. The Hall–Kier alpha value is -0.170. The highest BCUT2D eigenvalue weighted by Crippen LogP contribution is 2.08. The summed E-state index contributed by atoms with van der Waals surface area (Å²) in [6, 6.07) is 0.129. The summed E-state index contributed by atoms with van der Waals surface area (Å²) < 4.78 is 26.6. The van der Waals surface area contributed by atoms with E-state index in [2.05, 4.69) is 28.8 Å². The molecular formula is C13H29N3O2S. The van der Waals surface area contributed by atoms with Crippen molar-refractivity contribution in [2.45, 2.75) is 45.6 Å². The summed E-state index contributed by atoms with van der Waals surface area (Å²) in [4.78, 5) is 2.27. The summed E-state index contributed by atoms with van der Waals surface area (Å²) in [7, 11) is -3.14. The van der Waals surface area contributed by atoms with Gasteiger partial charge in [-0.05, 0) is 38.9 Å². The van der Waals surface area contributed by atoms with Crippen molar-refractivity contribution >= 4 is 10.0 Å². The van der Waals surface area contributed by atoms with E-state index in [4.69, 9.17) is 0 Å². The summed E-state index contributed by atoms with van der Waals surface area (Å²) in [5.41, 5.74) is 0. The number of nitrogens with one attached hydrogen (secondary N) is 2. The third-order valence-corrected chi connectivity index (χ3v) is 5.06. The Kier molecular flexibility index (Phi) is 7.90. The van der Waals surface area contributed by atoms with Gasteiger partial charge in [-0.25, -0.2) is 13.1 Å². The second-order valence-corrected chi connectivity index (χ2v) is 7.11. The van der Waals surface area contributed by atoms with Gasteiger partial charge in [0.25, 0.3) is 0 Å². The van der Waals surface area contributed by atoms with E-state index in [-0.39, 0.29) is 11.8 Å². The van der Waals surface area contributed by atoms with Crippen LogP contribution in [0.4, 0.5) is 0 Å². The van der Waals surface area contributed by atoms with Crippen LogP contribution in [0.3, 0.4) is 0 Å². The van der Waals surface area contributed by atoms with E-state index in [1.54, 1.807) is 0 Å². The number of hydrogen-bond donors (Lipinski definition) is 2. The Balaban J connectivity index is 2.25. The molecule has 1 unspecified atom stereocenters. The van der Waals surface area contributed by atoms with Crippen molar-refractivity contribution in [3.63, 3.8) is 0 Å². The number of hydrogen-bond acceptors (Lipinski definition) is 4. The molecule has 0 bridgehead atoms. The van der Waals surface area contributed by atoms with E-state index in [1.807, 2.05) is 0 Å². The average molecular weight is 291 g/mol. The van der Waals surface area contributed by atoms with Crippen molar-refractivity contribution in [3.05, 3.63) is 0 Å². The zero-order valence-corrected chi connectivity index (χ0v) is 13.1. The van der Waals surface area contributed by atoms with Crippen LogP contribution in [0, 0.1) is 0 Å². The van der Waals surface area contributed by atoms with Crippen LogP contribution in [0.25, 0.3) is 0 Å². The maximum absolute atomic E-state index is 12.0. The molecular weight excluding hydrogens is 262 g/mol. The highest BCUT2D eigenvalue weighted by atomic mass is 32.2. The van der Waals surface area contributed by atoms with Gasteiger partial charge in [-0.3, -0.25) is 0 Å². The first-order valence-electron chi connectivity index (χ1n) is 7.50. The number of piperidine rings is 1. The Morgan fingerprint density at radius 1 is 1.26 bits per heavy atom. The molecule has 0 aromatic carbocycles. The summed E-state index contributed by atoms with van der Waals surface area (Å²) >= 11 is 0. The van der Waals surface area contributed by atoms with Gasteiger partial charge in [0.1, 0.15) is 0 Å². The molecule has 1 heterocycles. The lowest BCUT2D eigenvalue weighted by molar-refractivity contribution is 0.293. The quantitative estimate of drug-likeness (QED) is 0.659. The summed E-state index contributed by atoms with van der Waals surface area (Å²) in [5, 5.41) is 3.28. The van der Waals surface area contributed by atoms with Gasteiger partial charge < -0.3 is 10.2 Å². The van der Waals surface area contributed by atoms with Crippen LogP contribution in [0.1, 0.15) is 39.5 Å². The van der Waals surface area contributed by atoms with Crippen LogP contribution in [0.15, 0.2) is 0 Å². The molecule has 2 N–H and O–H groups in total. The summed E-state index contributed by atoms with van der Waals surface area (Å²) in [5.74, 6) is 0.215. The molecule has 1 aliphatic rings. The number of nitrogens with zero attached hydrogens (tertiary/aromatic N) is 1. The normalized spacial score (nSPS) is 20.9. The molecule has 0 aromatic rings. The lowest BCUT2D eigenvalue weighted by Crippen LogP contribution is -2.44. The van der Waals surface area contributed by atoms with Gasteiger partial charge in [0, 0.05) is 19.1 Å². The van der Waals surface area contributed by atoms with Crippen molar-refractivity contribution in [1.82, 2.24) is 14.9 Å². The predicted octanol–water partition coefficient (Wildman–Crippen LogP) is 0.780. The smallest absolute Gasteiger partial charge is 0.213 e. The van der Waals surface area contributed by atoms with E-state index >= 15 is 0 Å². The van der Waals surface area contributed by atoms with Crippen molar-refractivity contribution in [3.8, 4) is 0 Å². The van der Waals surface area contributed by atoms with Crippen molar-refractivity contribution in [2.75, 3.05) is 38.5 Å². The molecule has 0 aromatic heterocycles. The molecule has 1 rings (SSSR count). The maximum atomic E-state index is 12.0. The Morgan fingerprint density at radius 3 is 2.63 bits per heavy atom. The third-order valence-electron chi connectivity index (χ3n) is 3.57. The summed E-state index contributed by atoms with van der Waals surface area (Å²) in [6.07, 6.45) is 4.37. The molecule has 0 aliphatic carbocycles. The largest absolute Gasteiger partial charge is 0.313 e. The van der Waals surface area contributed by atoms with Gasteiger partial charge in [-0.15, -0.1) is 0 Å². The van der Waals surface area contributed by atoms with Gasteiger partial charge in [0.2, 0.25) is 10.0 Å². The van der Waals surface area contributed by atoms with E-state index in [0.717, 1.165) is 51.9 Å². The minimum atomic E-state index is -3.14. The Bertz CT molecular complexity index is 327. The van der Waals surface area contributed by atoms with Crippen LogP contribution < -0.4 is 10.0 Å². The van der Waals surface area contributed by atoms with Crippen molar-refractivity contribution in [1.29, 1.82) is 0 Å². The molecule has 5 nitrogen and oxygen atoms in total. The second-order valence-electron chi connectivity index (χ2n) is 5.26. The highest BCUT2D eigenvalue weighted by Gasteiger charge is 2.20. The lowest BCUT2D eigenvalue weighted by Gasteiger charge is -2.24. The molecule has 1 saturated heterocycles. The average Bonchev–Trinajstić information content (AvgIpc) is 2.38. The van der Waals surface area contributed by atoms with Crippen LogP contribution >= 0.6 is 0 Å². The monoisotopic (exact) mass is 291 g/mol. The first-order valence-corrected chi connectivity index (χ1v) is 9.15. The number of rotatable bonds is 9.